The zero-order chi connectivity index (χ0) is 22.5. The maximum Gasteiger partial charge on any atom is 0.329 e. The summed E-state index contributed by atoms with van der Waals surface area (Å²) in [6.07, 6.45) is 1.43. The molecule has 0 radical (unpaired) electrons. The Morgan fingerprint density at radius 1 is 1.19 bits per heavy atom. The van der Waals surface area contributed by atoms with E-state index in [4.69, 9.17) is 21.1 Å². The monoisotopic (exact) mass is 443 g/mol. The molecule has 2 aromatic carbocycles. The highest BCUT2D eigenvalue weighted by molar-refractivity contribution is 6.32. The van der Waals surface area contributed by atoms with Crippen molar-refractivity contribution in [3.8, 4) is 11.5 Å². The summed E-state index contributed by atoms with van der Waals surface area (Å²) in [6.45, 7) is 3.77. The van der Waals surface area contributed by atoms with Crippen LogP contribution in [0.5, 0.6) is 11.5 Å². The Kier molecular flexibility index (Phi) is 6.81. The van der Waals surface area contributed by atoms with E-state index in [9.17, 15) is 14.4 Å². The van der Waals surface area contributed by atoms with E-state index in [1.165, 1.54) is 13.2 Å². The zero-order valence-electron chi connectivity index (χ0n) is 17.3. The Bertz CT molecular complexity index is 1050. The first-order chi connectivity index (χ1) is 14.8. The van der Waals surface area contributed by atoms with Gasteiger partial charge in [-0.3, -0.25) is 9.59 Å². The van der Waals surface area contributed by atoms with Gasteiger partial charge in [0.1, 0.15) is 12.2 Å². The molecule has 1 aliphatic heterocycles. The molecule has 1 aliphatic rings. The van der Waals surface area contributed by atoms with Crippen molar-refractivity contribution in [2.75, 3.05) is 25.6 Å². The molecule has 2 aromatic rings. The zero-order valence-corrected chi connectivity index (χ0v) is 18.1. The van der Waals surface area contributed by atoms with Gasteiger partial charge in [-0.05, 0) is 43.7 Å². The van der Waals surface area contributed by atoms with Crippen LogP contribution in [0.2, 0.25) is 5.02 Å². The number of imide groups is 1. The number of halogens is 1. The van der Waals surface area contributed by atoms with Crippen LogP contribution in [0.1, 0.15) is 18.1 Å². The lowest BCUT2D eigenvalue weighted by atomic mass is 10.1. The normalized spacial score (nSPS) is 14.6. The molecule has 4 amide bonds. The highest BCUT2D eigenvalue weighted by Gasteiger charge is 2.35. The smallest absolute Gasteiger partial charge is 0.329 e. The Hall–Kier alpha value is -3.52. The SMILES string of the molecule is CCOc1cc(Cl)c(C=C2NC(=O)N(CC(=O)Nc3ccc(C)cc3)C2=O)cc1OC. The van der Waals surface area contributed by atoms with E-state index in [0.717, 1.165) is 10.5 Å². The average molecular weight is 444 g/mol. The first-order valence-electron chi connectivity index (χ1n) is 9.53. The number of anilines is 1. The van der Waals surface area contributed by atoms with Crippen LogP contribution in [0.4, 0.5) is 10.5 Å². The molecule has 1 fully saturated rings. The van der Waals surface area contributed by atoms with Crippen molar-refractivity contribution < 1.29 is 23.9 Å². The number of nitrogens with zero attached hydrogens (tertiary/aromatic N) is 1. The van der Waals surface area contributed by atoms with Gasteiger partial charge in [-0.2, -0.15) is 0 Å². The number of urea groups is 1. The maximum absolute atomic E-state index is 12.7. The molecule has 0 unspecified atom stereocenters. The largest absolute Gasteiger partial charge is 0.493 e. The third-order valence-corrected chi connectivity index (χ3v) is 4.81. The number of ether oxygens (including phenoxy) is 2. The van der Waals surface area contributed by atoms with Gasteiger partial charge in [0.25, 0.3) is 5.91 Å². The minimum absolute atomic E-state index is 0.00116. The quantitative estimate of drug-likeness (QED) is 0.503. The molecule has 31 heavy (non-hydrogen) atoms. The van der Waals surface area contributed by atoms with Gasteiger partial charge in [0, 0.05) is 11.8 Å². The van der Waals surface area contributed by atoms with Gasteiger partial charge in [-0.1, -0.05) is 29.3 Å². The molecule has 0 bridgehead atoms. The number of rotatable bonds is 7. The van der Waals surface area contributed by atoms with Gasteiger partial charge < -0.3 is 20.1 Å². The van der Waals surface area contributed by atoms with E-state index in [-0.39, 0.29) is 5.70 Å². The topological polar surface area (TPSA) is 97.0 Å². The summed E-state index contributed by atoms with van der Waals surface area (Å²) in [7, 11) is 1.49. The van der Waals surface area contributed by atoms with Crippen LogP contribution in [-0.4, -0.2) is 43.0 Å². The molecule has 9 heteroatoms. The summed E-state index contributed by atoms with van der Waals surface area (Å²) in [6, 6.07) is 9.66. The first kappa shape index (κ1) is 22.2. The fourth-order valence-electron chi connectivity index (χ4n) is 2.94. The lowest BCUT2D eigenvalue weighted by molar-refractivity contribution is -0.127. The van der Waals surface area contributed by atoms with Gasteiger partial charge in [0.05, 0.1) is 18.7 Å². The van der Waals surface area contributed by atoms with E-state index in [1.807, 2.05) is 26.0 Å². The molecule has 3 rings (SSSR count). The molecular formula is C22H22ClN3O5. The van der Waals surface area contributed by atoms with Crippen molar-refractivity contribution in [2.24, 2.45) is 0 Å². The maximum atomic E-state index is 12.7. The number of amides is 4. The Morgan fingerprint density at radius 2 is 1.90 bits per heavy atom. The first-order valence-corrected chi connectivity index (χ1v) is 9.91. The summed E-state index contributed by atoms with van der Waals surface area (Å²) in [5.41, 5.74) is 2.08. The highest BCUT2D eigenvalue weighted by Crippen LogP contribution is 2.34. The number of methoxy groups -OCH3 is 1. The number of benzene rings is 2. The van der Waals surface area contributed by atoms with Gasteiger partial charge in [-0.15, -0.1) is 0 Å². The van der Waals surface area contributed by atoms with Gasteiger partial charge in [0.15, 0.2) is 11.5 Å². The predicted molar refractivity (Wildman–Crippen MR) is 117 cm³/mol. The Labute approximate surface area is 184 Å². The molecule has 1 saturated heterocycles. The number of hydrogen-bond acceptors (Lipinski definition) is 5. The highest BCUT2D eigenvalue weighted by atomic mass is 35.5. The van der Waals surface area contributed by atoms with Crippen molar-refractivity contribution in [2.45, 2.75) is 13.8 Å². The van der Waals surface area contributed by atoms with E-state index in [2.05, 4.69) is 10.6 Å². The lowest BCUT2D eigenvalue weighted by Gasteiger charge is -2.12. The van der Waals surface area contributed by atoms with Crippen LogP contribution in [-0.2, 0) is 9.59 Å². The number of nitrogens with one attached hydrogen (secondary N) is 2. The summed E-state index contributed by atoms with van der Waals surface area (Å²) in [4.78, 5) is 38.1. The molecule has 0 spiro atoms. The predicted octanol–water partition coefficient (Wildman–Crippen LogP) is 3.59. The Morgan fingerprint density at radius 3 is 2.55 bits per heavy atom. The minimum Gasteiger partial charge on any atom is -0.493 e. The molecule has 0 atom stereocenters. The van der Waals surface area contributed by atoms with Crippen molar-refractivity contribution >= 4 is 41.2 Å². The number of carbonyl (C=O) groups excluding carboxylic acids is 3. The minimum atomic E-state index is -0.690. The third-order valence-electron chi connectivity index (χ3n) is 4.48. The third kappa shape index (κ3) is 5.16. The summed E-state index contributed by atoms with van der Waals surface area (Å²) >= 11 is 6.30. The molecular weight excluding hydrogens is 422 g/mol. The van der Waals surface area contributed by atoms with Crippen LogP contribution in [0.15, 0.2) is 42.1 Å². The van der Waals surface area contributed by atoms with E-state index >= 15 is 0 Å². The van der Waals surface area contributed by atoms with E-state index in [0.29, 0.717) is 34.4 Å². The van der Waals surface area contributed by atoms with Crippen molar-refractivity contribution in [1.82, 2.24) is 10.2 Å². The number of carbonyl (C=O) groups is 3. The molecule has 1 heterocycles. The molecule has 8 nitrogen and oxygen atoms in total. The molecule has 162 valence electrons. The second kappa shape index (κ2) is 9.53. The van der Waals surface area contributed by atoms with Gasteiger partial charge >= 0.3 is 6.03 Å². The van der Waals surface area contributed by atoms with Crippen molar-refractivity contribution in [3.05, 3.63) is 58.2 Å². The molecule has 0 aliphatic carbocycles. The summed E-state index contributed by atoms with van der Waals surface area (Å²) < 4.78 is 10.8. The van der Waals surface area contributed by atoms with Crippen molar-refractivity contribution in [3.63, 3.8) is 0 Å². The van der Waals surface area contributed by atoms with E-state index < -0.39 is 24.4 Å². The van der Waals surface area contributed by atoms with Crippen LogP contribution < -0.4 is 20.1 Å². The number of aryl methyl sites for hydroxylation is 1. The second-order valence-corrected chi connectivity index (χ2v) is 7.16. The molecule has 0 saturated carbocycles. The average Bonchev–Trinajstić information content (AvgIpc) is 2.99. The molecule has 0 aromatic heterocycles. The fraction of sp³-hybridized carbons (Fsp3) is 0.227. The molecule has 2 N–H and O–H groups in total. The van der Waals surface area contributed by atoms with Gasteiger partial charge in [0.2, 0.25) is 5.91 Å². The van der Waals surface area contributed by atoms with Gasteiger partial charge in [-0.25, -0.2) is 9.69 Å². The van der Waals surface area contributed by atoms with Crippen LogP contribution in [0, 0.1) is 6.92 Å². The fourth-order valence-corrected chi connectivity index (χ4v) is 3.15. The van der Waals surface area contributed by atoms with Crippen molar-refractivity contribution in [1.29, 1.82) is 0 Å². The van der Waals surface area contributed by atoms with Crippen LogP contribution in [0.25, 0.3) is 6.08 Å². The van der Waals surface area contributed by atoms with E-state index in [1.54, 1.807) is 24.3 Å². The van der Waals surface area contributed by atoms with Crippen LogP contribution in [0.3, 0.4) is 0 Å². The van der Waals surface area contributed by atoms with Crippen LogP contribution >= 0.6 is 11.6 Å². The summed E-state index contributed by atoms with van der Waals surface area (Å²) in [5, 5.41) is 5.45. The number of hydrogen-bond donors (Lipinski definition) is 2. The lowest BCUT2D eigenvalue weighted by Crippen LogP contribution is -2.38. The summed E-state index contributed by atoms with van der Waals surface area (Å²) in [5.74, 6) is -0.222. The Balaban J connectivity index is 1.75. The standard InChI is InChI=1S/C22H22ClN3O5/c1-4-31-19-11-16(23)14(10-18(19)30-3)9-17-21(28)26(22(29)25-17)12-20(27)24-15-7-5-13(2)6-8-15/h5-11H,4,12H2,1-3H3,(H,24,27)(H,25,29). The second-order valence-electron chi connectivity index (χ2n) is 6.75.